The van der Waals surface area contributed by atoms with Crippen LogP contribution in [0, 0.1) is 5.41 Å². The lowest BCUT2D eigenvalue weighted by Gasteiger charge is -2.38. The Kier molecular flexibility index (Phi) is 8.34. The van der Waals surface area contributed by atoms with E-state index in [1.54, 1.807) is 23.1 Å². The van der Waals surface area contributed by atoms with Crippen LogP contribution in [0.5, 0.6) is 0 Å². The fourth-order valence-corrected chi connectivity index (χ4v) is 6.35. The summed E-state index contributed by atoms with van der Waals surface area (Å²) in [5.74, 6) is -0.486. The van der Waals surface area contributed by atoms with Crippen molar-refractivity contribution in [1.82, 2.24) is 5.32 Å². The number of carbonyl (C=O) groups excluding carboxylic acids is 2. The fraction of sp³-hybridized carbons (Fsp3) is 0.312. The summed E-state index contributed by atoms with van der Waals surface area (Å²) < 4.78 is 63.3. The number of nitrogens with two attached hydrogens (primary N) is 1. The number of allylic oxidation sites excluding steroid dienone is 1. The highest BCUT2D eigenvalue weighted by atomic mass is 32.2. The standard InChI is InChI=1S/C32H33F3N4O4S/c1-31(2)17-25-29(27(40)18-31)30(21-9-11-22(12-10-21)32(33,34)35)39(26-6-4-3-5-24(26)38-25)19-28(41)37-16-15-20-7-13-23(14-8-20)44(36,42)43/h3-14,30,38H,15-19H2,1-2H3,(H,37,41)(H2,36,42,43). The molecule has 2 aliphatic rings. The average molecular weight is 627 g/mol. The maximum absolute atomic E-state index is 13.8. The number of carbonyl (C=O) groups is 2. The van der Waals surface area contributed by atoms with Crippen molar-refractivity contribution in [3.05, 3.63) is 101 Å². The first-order valence-corrected chi connectivity index (χ1v) is 15.6. The molecule has 1 aliphatic heterocycles. The zero-order valence-corrected chi connectivity index (χ0v) is 25.1. The number of alkyl halides is 3. The van der Waals surface area contributed by atoms with Crippen LogP contribution in [-0.2, 0) is 32.2 Å². The van der Waals surface area contributed by atoms with Crippen LogP contribution in [0.25, 0.3) is 0 Å². The molecule has 12 heteroatoms. The molecular formula is C32H33F3N4O4S. The SMILES string of the molecule is CC1(C)CC(=O)C2=C(C1)Nc1ccccc1N(CC(=O)NCCc1ccc(S(N)(=O)=O)cc1)C2c1ccc(C(F)(F)F)cc1. The van der Waals surface area contributed by atoms with E-state index in [4.69, 9.17) is 5.14 Å². The van der Waals surface area contributed by atoms with Gasteiger partial charge in [0.1, 0.15) is 0 Å². The van der Waals surface area contributed by atoms with Crippen molar-refractivity contribution in [2.45, 2.75) is 50.2 Å². The molecule has 1 heterocycles. The Morgan fingerprint density at radius 3 is 2.32 bits per heavy atom. The normalized spacial score (nSPS) is 18.2. The summed E-state index contributed by atoms with van der Waals surface area (Å²) in [5.41, 5.74) is 2.54. The Labute approximate surface area is 254 Å². The van der Waals surface area contributed by atoms with Crippen molar-refractivity contribution in [3.63, 3.8) is 0 Å². The molecule has 44 heavy (non-hydrogen) atoms. The van der Waals surface area contributed by atoms with E-state index >= 15 is 0 Å². The molecular weight excluding hydrogens is 593 g/mol. The summed E-state index contributed by atoms with van der Waals surface area (Å²) in [7, 11) is -3.82. The van der Waals surface area contributed by atoms with Gasteiger partial charge in [-0.25, -0.2) is 13.6 Å². The molecule has 0 bridgehead atoms. The van der Waals surface area contributed by atoms with Crippen LogP contribution in [0.2, 0.25) is 0 Å². The Morgan fingerprint density at radius 1 is 1.02 bits per heavy atom. The number of amides is 1. The third-order valence-corrected chi connectivity index (χ3v) is 8.79. The number of fused-ring (bicyclic) bond motifs is 1. The molecule has 0 saturated carbocycles. The number of sulfonamides is 1. The Balaban J connectivity index is 1.47. The first-order valence-electron chi connectivity index (χ1n) is 14.1. The van der Waals surface area contributed by atoms with Crippen molar-refractivity contribution in [3.8, 4) is 0 Å². The van der Waals surface area contributed by atoms with E-state index in [9.17, 15) is 31.2 Å². The fourth-order valence-electron chi connectivity index (χ4n) is 5.83. The van der Waals surface area contributed by atoms with E-state index in [-0.39, 0.29) is 41.5 Å². The number of anilines is 2. The van der Waals surface area contributed by atoms with Crippen molar-refractivity contribution >= 4 is 33.1 Å². The van der Waals surface area contributed by atoms with Gasteiger partial charge in [-0.2, -0.15) is 13.2 Å². The summed E-state index contributed by atoms with van der Waals surface area (Å²) in [6.07, 6.45) is -3.31. The van der Waals surface area contributed by atoms with Crippen molar-refractivity contribution in [2.24, 2.45) is 10.6 Å². The highest BCUT2D eigenvalue weighted by Crippen LogP contribution is 2.48. The molecule has 0 saturated heterocycles. The van der Waals surface area contributed by atoms with Crippen LogP contribution in [0.4, 0.5) is 24.5 Å². The van der Waals surface area contributed by atoms with Gasteiger partial charge in [0, 0.05) is 24.2 Å². The Hall–Kier alpha value is -4.16. The van der Waals surface area contributed by atoms with Gasteiger partial charge in [0.25, 0.3) is 0 Å². The minimum atomic E-state index is -4.52. The van der Waals surface area contributed by atoms with Gasteiger partial charge in [-0.05, 0) is 65.8 Å². The van der Waals surface area contributed by atoms with Crippen LogP contribution in [0.1, 0.15) is 49.4 Å². The van der Waals surface area contributed by atoms with Crippen molar-refractivity contribution in [1.29, 1.82) is 0 Å². The molecule has 1 amide bonds. The van der Waals surface area contributed by atoms with Gasteiger partial charge >= 0.3 is 6.18 Å². The summed E-state index contributed by atoms with van der Waals surface area (Å²) in [6.45, 7) is 4.05. The minimum absolute atomic E-state index is 0.0117. The van der Waals surface area contributed by atoms with Crippen LogP contribution >= 0.6 is 0 Å². The molecule has 1 aliphatic carbocycles. The quantitative estimate of drug-likeness (QED) is 0.326. The lowest BCUT2D eigenvalue weighted by atomic mass is 9.73. The van der Waals surface area contributed by atoms with E-state index in [0.29, 0.717) is 41.1 Å². The molecule has 0 fully saturated rings. The number of nitrogens with one attached hydrogen (secondary N) is 2. The second-order valence-electron chi connectivity index (χ2n) is 11.9. The predicted molar refractivity (Wildman–Crippen MR) is 161 cm³/mol. The molecule has 8 nitrogen and oxygen atoms in total. The summed E-state index contributed by atoms with van der Waals surface area (Å²) >= 11 is 0. The molecule has 1 atom stereocenters. The zero-order valence-electron chi connectivity index (χ0n) is 24.2. The summed E-state index contributed by atoms with van der Waals surface area (Å²) in [6, 6.07) is 17.2. The maximum atomic E-state index is 13.8. The van der Waals surface area contributed by atoms with Gasteiger partial charge in [-0.15, -0.1) is 0 Å². The molecule has 0 spiro atoms. The molecule has 0 radical (unpaired) electrons. The van der Waals surface area contributed by atoms with Crippen molar-refractivity contribution < 1.29 is 31.2 Å². The first kappa shape index (κ1) is 31.3. The Morgan fingerprint density at radius 2 is 1.68 bits per heavy atom. The topological polar surface area (TPSA) is 122 Å². The highest BCUT2D eigenvalue weighted by Gasteiger charge is 2.42. The molecule has 0 aromatic heterocycles. The molecule has 1 unspecified atom stereocenters. The number of benzene rings is 3. The third kappa shape index (κ3) is 6.81. The highest BCUT2D eigenvalue weighted by molar-refractivity contribution is 7.89. The van der Waals surface area contributed by atoms with E-state index in [0.717, 1.165) is 17.7 Å². The number of nitrogens with zero attached hydrogens (tertiary/aromatic N) is 1. The third-order valence-electron chi connectivity index (χ3n) is 7.86. The predicted octanol–water partition coefficient (Wildman–Crippen LogP) is 5.33. The largest absolute Gasteiger partial charge is 0.416 e. The number of hydrogen-bond donors (Lipinski definition) is 3. The van der Waals surface area contributed by atoms with Crippen LogP contribution in [0.15, 0.2) is 89.0 Å². The van der Waals surface area contributed by atoms with Gasteiger partial charge in [-0.1, -0.05) is 50.2 Å². The van der Waals surface area contributed by atoms with E-state index in [1.165, 1.54) is 24.3 Å². The number of ketones is 1. The number of halogens is 3. The number of hydrogen-bond acceptors (Lipinski definition) is 6. The molecule has 3 aromatic rings. The minimum Gasteiger partial charge on any atom is -0.357 e. The van der Waals surface area contributed by atoms with Gasteiger partial charge < -0.3 is 15.5 Å². The number of para-hydroxylation sites is 2. The lowest BCUT2D eigenvalue weighted by molar-refractivity contribution is -0.137. The monoisotopic (exact) mass is 626 g/mol. The molecule has 232 valence electrons. The van der Waals surface area contributed by atoms with Crippen LogP contribution in [-0.4, -0.2) is 33.2 Å². The summed E-state index contributed by atoms with van der Waals surface area (Å²) in [5, 5.41) is 11.5. The number of primary sulfonamides is 1. The molecule has 4 N–H and O–H groups in total. The molecule has 5 rings (SSSR count). The smallest absolute Gasteiger partial charge is 0.357 e. The van der Waals surface area contributed by atoms with Crippen molar-refractivity contribution in [2.75, 3.05) is 23.3 Å². The van der Waals surface area contributed by atoms with E-state index in [2.05, 4.69) is 10.6 Å². The van der Waals surface area contributed by atoms with Crippen LogP contribution < -0.4 is 20.7 Å². The zero-order chi connectivity index (χ0) is 31.9. The van der Waals surface area contributed by atoms with Crippen LogP contribution in [0.3, 0.4) is 0 Å². The van der Waals surface area contributed by atoms with Gasteiger partial charge in [0.05, 0.1) is 34.4 Å². The van der Waals surface area contributed by atoms with Gasteiger partial charge in [-0.3, -0.25) is 9.59 Å². The van der Waals surface area contributed by atoms with E-state index in [1.807, 2.05) is 32.0 Å². The lowest BCUT2D eigenvalue weighted by Crippen LogP contribution is -2.42. The number of Topliss-reactive ketones (excluding diaryl/α,β-unsaturated/α-hetero) is 1. The average Bonchev–Trinajstić information content (AvgIpc) is 3.06. The van der Waals surface area contributed by atoms with Gasteiger partial charge in [0.2, 0.25) is 15.9 Å². The van der Waals surface area contributed by atoms with Gasteiger partial charge in [0.15, 0.2) is 5.78 Å². The van der Waals surface area contributed by atoms with E-state index < -0.39 is 27.8 Å². The number of rotatable bonds is 7. The Bertz CT molecular complexity index is 1720. The second kappa shape index (κ2) is 11.7. The first-order chi connectivity index (χ1) is 20.6. The molecule has 3 aromatic carbocycles. The maximum Gasteiger partial charge on any atom is 0.416 e. The summed E-state index contributed by atoms with van der Waals surface area (Å²) in [4.78, 5) is 28.9. The second-order valence-corrected chi connectivity index (χ2v) is 13.5.